The lowest BCUT2D eigenvalue weighted by atomic mass is 9.62. The maximum atomic E-state index is 12.4. The Balaban J connectivity index is 2.74. The molecule has 1 N–H and O–H groups in total. The van der Waals surface area contributed by atoms with E-state index in [9.17, 15) is 10.1 Å². The molecule has 1 rings (SSSR count). The Morgan fingerprint density at radius 3 is 2.53 bits per heavy atom. The lowest BCUT2D eigenvalue weighted by Gasteiger charge is -2.43. The first kappa shape index (κ1) is 14.0. The lowest BCUT2D eigenvalue weighted by Crippen LogP contribution is -2.52. The van der Waals surface area contributed by atoms with Crippen molar-refractivity contribution in [2.45, 2.75) is 46.1 Å². The molecule has 0 aliphatic heterocycles. The van der Waals surface area contributed by atoms with E-state index in [-0.39, 0.29) is 18.6 Å². The second-order valence-electron chi connectivity index (χ2n) is 5.38. The highest BCUT2D eigenvalue weighted by Crippen LogP contribution is 2.46. The van der Waals surface area contributed by atoms with Crippen LogP contribution in [0.4, 0.5) is 0 Å². The van der Waals surface area contributed by atoms with Crippen molar-refractivity contribution in [3.63, 3.8) is 0 Å². The standard InChI is InChI=1S/C13H22N2O2/c1-10(2)15(5-4-6-16)12(17)13(9-14)7-11(3)8-13/h10-11,16H,4-8H2,1-3H3. The molecule has 1 aliphatic rings. The van der Waals surface area contributed by atoms with Crippen molar-refractivity contribution in [3.05, 3.63) is 0 Å². The van der Waals surface area contributed by atoms with Gasteiger partial charge in [0.25, 0.3) is 0 Å². The van der Waals surface area contributed by atoms with Crippen molar-refractivity contribution in [2.24, 2.45) is 11.3 Å². The van der Waals surface area contributed by atoms with Crippen molar-refractivity contribution in [3.8, 4) is 6.07 Å². The molecule has 0 aromatic heterocycles. The summed E-state index contributed by atoms with van der Waals surface area (Å²) in [6, 6.07) is 2.28. The molecule has 0 atom stereocenters. The molecule has 4 nitrogen and oxygen atoms in total. The van der Waals surface area contributed by atoms with E-state index in [4.69, 9.17) is 5.11 Å². The van der Waals surface area contributed by atoms with Crippen molar-refractivity contribution >= 4 is 5.91 Å². The van der Waals surface area contributed by atoms with E-state index in [0.717, 1.165) is 0 Å². The molecule has 1 fully saturated rings. The van der Waals surface area contributed by atoms with E-state index in [1.165, 1.54) is 0 Å². The van der Waals surface area contributed by atoms with Crippen LogP contribution in [0.15, 0.2) is 0 Å². The van der Waals surface area contributed by atoms with Crippen LogP contribution in [0.2, 0.25) is 0 Å². The summed E-state index contributed by atoms with van der Waals surface area (Å²) < 4.78 is 0. The van der Waals surface area contributed by atoms with Gasteiger partial charge in [-0.05, 0) is 39.0 Å². The molecule has 96 valence electrons. The van der Waals surface area contributed by atoms with Crippen LogP contribution in [0.25, 0.3) is 0 Å². The van der Waals surface area contributed by atoms with Gasteiger partial charge in [0.05, 0.1) is 6.07 Å². The minimum absolute atomic E-state index is 0.0541. The van der Waals surface area contributed by atoms with Gasteiger partial charge in [-0.2, -0.15) is 5.26 Å². The Hall–Kier alpha value is -1.08. The van der Waals surface area contributed by atoms with E-state index in [2.05, 4.69) is 13.0 Å². The molecule has 0 saturated heterocycles. The predicted molar refractivity (Wildman–Crippen MR) is 65.0 cm³/mol. The molecule has 0 aromatic rings. The third kappa shape index (κ3) is 2.78. The summed E-state index contributed by atoms with van der Waals surface area (Å²) in [7, 11) is 0. The fourth-order valence-corrected chi connectivity index (χ4v) is 2.55. The number of amides is 1. The minimum Gasteiger partial charge on any atom is -0.396 e. The molecule has 17 heavy (non-hydrogen) atoms. The third-order valence-corrected chi connectivity index (χ3v) is 3.46. The zero-order chi connectivity index (χ0) is 13.1. The molecule has 0 heterocycles. The number of aliphatic hydroxyl groups excluding tert-OH is 1. The maximum absolute atomic E-state index is 12.4. The highest BCUT2D eigenvalue weighted by Gasteiger charge is 2.50. The first-order valence-corrected chi connectivity index (χ1v) is 6.30. The van der Waals surface area contributed by atoms with Gasteiger partial charge >= 0.3 is 0 Å². The van der Waals surface area contributed by atoms with E-state index in [1.54, 1.807) is 4.90 Å². The second-order valence-corrected chi connectivity index (χ2v) is 5.38. The quantitative estimate of drug-likeness (QED) is 0.790. The monoisotopic (exact) mass is 238 g/mol. The molecule has 0 aromatic carbocycles. The highest BCUT2D eigenvalue weighted by atomic mass is 16.3. The van der Waals surface area contributed by atoms with Crippen LogP contribution in [-0.4, -0.2) is 35.1 Å². The van der Waals surface area contributed by atoms with Gasteiger partial charge in [0.15, 0.2) is 0 Å². The molecule has 0 radical (unpaired) electrons. The van der Waals surface area contributed by atoms with Crippen LogP contribution in [0.5, 0.6) is 0 Å². The van der Waals surface area contributed by atoms with Gasteiger partial charge in [-0.15, -0.1) is 0 Å². The molecule has 0 spiro atoms. The second kappa shape index (κ2) is 5.50. The van der Waals surface area contributed by atoms with Crippen molar-refractivity contribution in [1.82, 2.24) is 4.90 Å². The summed E-state index contributed by atoms with van der Waals surface area (Å²) in [5.74, 6) is 0.409. The van der Waals surface area contributed by atoms with Gasteiger partial charge in [-0.3, -0.25) is 4.79 Å². The number of nitrogens with zero attached hydrogens (tertiary/aromatic N) is 2. The number of rotatable bonds is 5. The normalized spacial score (nSPS) is 27.4. The van der Waals surface area contributed by atoms with Crippen molar-refractivity contribution < 1.29 is 9.90 Å². The van der Waals surface area contributed by atoms with Crippen molar-refractivity contribution in [1.29, 1.82) is 5.26 Å². The number of hydrogen-bond acceptors (Lipinski definition) is 3. The molecule has 1 amide bonds. The van der Waals surface area contributed by atoms with Crippen LogP contribution < -0.4 is 0 Å². The Kier molecular flexibility index (Phi) is 4.53. The summed E-state index contributed by atoms with van der Waals surface area (Å²) in [6.07, 6.45) is 1.91. The Morgan fingerprint density at radius 2 is 2.18 bits per heavy atom. The zero-order valence-electron chi connectivity index (χ0n) is 10.9. The van der Waals surface area contributed by atoms with E-state index < -0.39 is 5.41 Å². The number of carbonyl (C=O) groups excluding carboxylic acids is 1. The summed E-state index contributed by atoms with van der Waals surface area (Å²) in [4.78, 5) is 14.1. The van der Waals surface area contributed by atoms with Crippen LogP contribution in [0.1, 0.15) is 40.0 Å². The molecular formula is C13H22N2O2. The SMILES string of the molecule is CC1CC(C#N)(C(=O)N(CCCO)C(C)C)C1. The van der Waals surface area contributed by atoms with Gasteiger partial charge in [-0.25, -0.2) is 0 Å². The number of hydrogen-bond donors (Lipinski definition) is 1. The molecular weight excluding hydrogens is 216 g/mol. The van der Waals surface area contributed by atoms with Crippen LogP contribution in [0, 0.1) is 22.7 Å². The number of nitriles is 1. The molecule has 1 aliphatic carbocycles. The van der Waals surface area contributed by atoms with Crippen LogP contribution in [0.3, 0.4) is 0 Å². The fraction of sp³-hybridized carbons (Fsp3) is 0.846. The largest absolute Gasteiger partial charge is 0.396 e. The van der Waals surface area contributed by atoms with Gasteiger partial charge in [0, 0.05) is 19.2 Å². The smallest absolute Gasteiger partial charge is 0.243 e. The maximum Gasteiger partial charge on any atom is 0.243 e. The van der Waals surface area contributed by atoms with Gasteiger partial charge < -0.3 is 10.0 Å². The van der Waals surface area contributed by atoms with Gasteiger partial charge in [-0.1, -0.05) is 6.92 Å². The molecule has 0 bridgehead atoms. The molecule has 4 heteroatoms. The average Bonchev–Trinajstić information content (AvgIpc) is 2.24. The lowest BCUT2D eigenvalue weighted by molar-refractivity contribution is -0.147. The van der Waals surface area contributed by atoms with Crippen molar-refractivity contribution in [2.75, 3.05) is 13.2 Å². The van der Waals surface area contributed by atoms with E-state index in [0.29, 0.717) is 31.7 Å². The highest BCUT2D eigenvalue weighted by molar-refractivity contribution is 5.86. The van der Waals surface area contributed by atoms with Crippen LogP contribution in [-0.2, 0) is 4.79 Å². The topological polar surface area (TPSA) is 64.3 Å². The Labute approximate surface area is 103 Å². The molecule has 1 saturated carbocycles. The number of carbonyl (C=O) groups is 1. The average molecular weight is 238 g/mol. The van der Waals surface area contributed by atoms with E-state index in [1.807, 2.05) is 13.8 Å². The van der Waals surface area contributed by atoms with E-state index >= 15 is 0 Å². The minimum atomic E-state index is -0.793. The summed E-state index contributed by atoms with van der Waals surface area (Å²) in [6.45, 7) is 6.57. The summed E-state index contributed by atoms with van der Waals surface area (Å²) in [5, 5.41) is 18.1. The van der Waals surface area contributed by atoms with Gasteiger partial charge in [0.2, 0.25) is 5.91 Å². The zero-order valence-corrected chi connectivity index (χ0v) is 10.9. The predicted octanol–water partition coefficient (Wildman–Crippen LogP) is 1.55. The number of aliphatic hydroxyl groups is 1. The Bertz CT molecular complexity index is 314. The third-order valence-electron chi connectivity index (χ3n) is 3.46. The summed E-state index contributed by atoms with van der Waals surface area (Å²) in [5.41, 5.74) is -0.793. The van der Waals surface area contributed by atoms with Crippen LogP contribution >= 0.6 is 0 Å². The first-order valence-electron chi connectivity index (χ1n) is 6.30. The Morgan fingerprint density at radius 1 is 1.59 bits per heavy atom. The van der Waals surface area contributed by atoms with Gasteiger partial charge in [0.1, 0.15) is 5.41 Å². The summed E-state index contributed by atoms with van der Waals surface area (Å²) >= 11 is 0. The fourth-order valence-electron chi connectivity index (χ4n) is 2.55. The first-order chi connectivity index (χ1) is 7.96. The molecule has 0 unspecified atom stereocenters.